The van der Waals surface area contributed by atoms with Crippen LogP contribution in [0.25, 0.3) is 0 Å². The van der Waals surface area contributed by atoms with Gasteiger partial charge in [-0.1, -0.05) is 0 Å². The summed E-state index contributed by atoms with van der Waals surface area (Å²) in [6.07, 6.45) is 0. The Morgan fingerprint density at radius 3 is 2.11 bits per heavy atom. The van der Waals surface area contributed by atoms with Gasteiger partial charge in [0, 0.05) is 0 Å². The van der Waals surface area contributed by atoms with Crippen molar-refractivity contribution in [3.63, 3.8) is 0 Å². The zero-order chi connectivity index (χ0) is 12.8. The molecule has 0 saturated heterocycles. The molecule has 0 heterocycles. The minimum atomic E-state index is -0.290. The molecule has 0 N–H and O–H groups in total. The molecule has 1 unspecified atom stereocenters. The molecule has 0 fully saturated rings. The number of para-hydroxylation sites is 1. The molecular formula is C15H12O2W. The monoisotopic (exact) mass is 408 g/mol. The molecule has 18 heavy (non-hydrogen) atoms. The number of carbonyl (C=O) groups excluding carboxylic acids is 1. The van der Waals surface area contributed by atoms with Gasteiger partial charge >= 0.3 is 117 Å². The Balaban J connectivity index is 2.14. The molecule has 2 rings (SSSR count). The molecule has 0 spiro atoms. The van der Waals surface area contributed by atoms with Crippen molar-refractivity contribution in [3.8, 4) is 5.75 Å². The molecule has 2 aromatic carbocycles. The maximum absolute atomic E-state index is 12.1. The van der Waals surface area contributed by atoms with Gasteiger partial charge < -0.3 is 0 Å². The minimum absolute atomic E-state index is 0.234. The van der Waals surface area contributed by atoms with Gasteiger partial charge in [0.1, 0.15) is 0 Å². The van der Waals surface area contributed by atoms with Gasteiger partial charge in [0.15, 0.2) is 0 Å². The molecule has 0 amide bonds. The molecule has 0 aliphatic rings. The summed E-state index contributed by atoms with van der Waals surface area (Å²) in [5.41, 5.74) is 0.966. The van der Waals surface area contributed by atoms with Crippen LogP contribution in [0.3, 0.4) is 0 Å². The maximum atomic E-state index is 12.1. The predicted molar refractivity (Wildman–Crippen MR) is 67.3 cm³/mol. The molecule has 1 atom stereocenters. The number of ether oxygens (including phenoxy) is 1. The second-order valence-electron chi connectivity index (χ2n) is 3.76. The summed E-state index contributed by atoms with van der Waals surface area (Å²) in [6, 6.07) is 18.8. The first-order chi connectivity index (χ1) is 8.81. The van der Waals surface area contributed by atoms with Gasteiger partial charge in [0.2, 0.25) is 0 Å². The number of rotatable bonds is 4. The third-order valence-electron chi connectivity index (χ3n) is 2.51. The molecule has 90 valence electrons. The van der Waals surface area contributed by atoms with Crippen LogP contribution in [0.4, 0.5) is 0 Å². The normalized spacial score (nSPS) is 11.6. The van der Waals surface area contributed by atoms with Gasteiger partial charge in [-0.3, -0.25) is 0 Å². The second kappa shape index (κ2) is 6.41. The standard InChI is InChI=1S/C15H12O2.W/c1-12(13-8-4-2-5-9-13)15(16)17-14-10-6-3-7-11-14;/h1-12H;. The summed E-state index contributed by atoms with van der Waals surface area (Å²) in [7, 11) is 0. The summed E-state index contributed by atoms with van der Waals surface area (Å²) < 4.78 is 7.30. The fourth-order valence-electron chi connectivity index (χ4n) is 1.60. The van der Waals surface area contributed by atoms with Gasteiger partial charge in [-0.25, -0.2) is 0 Å². The average molecular weight is 408 g/mol. The zero-order valence-corrected chi connectivity index (χ0v) is 12.6. The Kier molecular flexibility index (Phi) is 4.60. The fourth-order valence-corrected chi connectivity index (χ4v) is 2.56. The van der Waals surface area contributed by atoms with Crippen molar-refractivity contribution in [2.24, 2.45) is 0 Å². The molecule has 2 aromatic rings. The van der Waals surface area contributed by atoms with Crippen molar-refractivity contribution in [3.05, 3.63) is 66.2 Å². The number of hydrogen-bond acceptors (Lipinski definition) is 2. The third kappa shape index (κ3) is 3.24. The second-order valence-corrected chi connectivity index (χ2v) is 4.74. The summed E-state index contributed by atoms with van der Waals surface area (Å²) in [6.45, 7) is 0. The van der Waals surface area contributed by atoms with E-state index in [1.54, 1.807) is 12.1 Å². The summed E-state index contributed by atoms with van der Waals surface area (Å²) in [5, 5.41) is 0. The Morgan fingerprint density at radius 2 is 1.56 bits per heavy atom. The molecular weight excluding hydrogens is 396 g/mol. The Morgan fingerprint density at radius 1 is 1.00 bits per heavy atom. The first-order valence-corrected chi connectivity index (χ1v) is 7.27. The molecule has 0 aliphatic heterocycles. The number of benzene rings is 2. The molecule has 0 aliphatic carbocycles. The van der Waals surface area contributed by atoms with E-state index in [1.165, 1.54) is 19.4 Å². The van der Waals surface area contributed by atoms with Crippen LogP contribution in [0.15, 0.2) is 60.7 Å². The van der Waals surface area contributed by atoms with E-state index in [-0.39, 0.29) is 11.9 Å². The first kappa shape index (κ1) is 12.9. The summed E-state index contributed by atoms with van der Waals surface area (Å²) >= 11 is 1.25. The van der Waals surface area contributed by atoms with Gasteiger partial charge in [0.25, 0.3) is 0 Å². The Hall–Kier alpha value is -1.53. The predicted octanol–water partition coefficient (Wildman–Crippen LogP) is 2.72. The molecule has 0 saturated carbocycles. The molecule has 3 heteroatoms. The van der Waals surface area contributed by atoms with Crippen LogP contribution >= 0.6 is 0 Å². The zero-order valence-electron chi connectivity index (χ0n) is 9.65. The van der Waals surface area contributed by atoms with E-state index in [0.29, 0.717) is 5.75 Å². The number of esters is 1. The molecule has 0 aromatic heterocycles. The van der Waals surface area contributed by atoms with Crippen molar-refractivity contribution in [1.82, 2.24) is 0 Å². The van der Waals surface area contributed by atoms with E-state index in [0.717, 1.165) is 5.56 Å². The van der Waals surface area contributed by atoms with Crippen molar-refractivity contribution < 1.29 is 28.9 Å². The number of hydrogen-bond donors (Lipinski definition) is 0. The van der Waals surface area contributed by atoms with E-state index in [2.05, 4.69) is 0 Å². The van der Waals surface area contributed by atoms with Crippen molar-refractivity contribution in [2.75, 3.05) is 0 Å². The first-order valence-electron chi connectivity index (χ1n) is 5.58. The van der Waals surface area contributed by atoms with Crippen molar-refractivity contribution >= 4 is 10.4 Å². The Bertz CT molecular complexity index is 523. The van der Waals surface area contributed by atoms with Crippen LogP contribution in [0.2, 0.25) is 0 Å². The van der Waals surface area contributed by atoms with E-state index in [9.17, 15) is 4.79 Å². The van der Waals surface area contributed by atoms with E-state index < -0.39 is 0 Å². The summed E-state index contributed by atoms with van der Waals surface area (Å²) in [5.74, 6) is 0.0593. The number of carbonyl (C=O) groups is 1. The van der Waals surface area contributed by atoms with E-state index >= 15 is 0 Å². The van der Waals surface area contributed by atoms with Crippen LogP contribution < -0.4 is 4.74 Å². The van der Waals surface area contributed by atoms with Crippen molar-refractivity contribution in [1.29, 1.82) is 0 Å². The fraction of sp³-hybridized carbons (Fsp3) is 0.0667. The molecule has 0 bridgehead atoms. The quantitative estimate of drug-likeness (QED) is 0.575. The van der Waals surface area contributed by atoms with Crippen LogP contribution in [-0.4, -0.2) is 10.4 Å². The molecule has 2 nitrogen and oxygen atoms in total. The summed E-state index contributed by atoms with van der Waals surface area (Å²) in [4.78, 5) is 12.1. The van der Waals surface area contributed by atoms with Gasteiger partial charge in [0.05, 0.1) is 0 Å². The third-order valence-corrected chi connectivity index (χ3v) is 3.49. The Labute approximate surface area is 117 Å². The molecule has 0 radical (unpaired) electrons. The average Bonchev–Trinajstić information content (AvgIpc) is 2.42. The van der Waals surface area contributed by atoms with E-state index in [4.69, 9.17) is 4.74 Å². The van der Waals surface area contributed by atoms with Crippen molar-refractivity contribution in [2.45, 2.75) is 5.92 Å². The van der Waals surface area contributed by atoms with E-state index in [1.807, 2.05) is 52.9 Å². The van der Waals surface area contributed by atoms with Crippen LogP contribution in [0.5, 0.6) is 5.75 Å². The topological polar surface area (TPSA) is 26.3 Å². The van der Waals surface area contributed by atoms with Crippen LogP contribution in [0.1, 0.15) is 11.5 Å². The SMILES string of the molecule is O=C(Oc1ccccc1)C([CH]=[W])c1ccccc1. The van der Waals surface area contributed by atoms with Crippen LogP contribution in [0, 0.1) is 0 Å². The van der Waals surface area contributed by atoms with Gasteiger partial charge in [-0.2, -0.15) is 0 Å². The van der Waals surface area contributed by atoms with Gasteiger partial charge in [-0.15, -0.1) is 0 Å². The van der Waals surface area contributed by atoms with Crippen LogP contribution in [-0.2, 0) is 24.1 Å². The van der Waals surface area contributed by atoms with Gasteiger partial charge in [-0.05, 0) is 0 Å².